The Bertz CT molecular complexity index is 670. The topological polar surface area (TPSA) is 191 Å². The van der Waals surface area contributed by atoms with Gasteiger partial charge in [0.2, 0.25) is 0 Å². The number of nitrogens with one attached hydrogen (secondary N) is 2. The van der Waals surface area contributed by atoms with E-state index in [-0.39, 0.29) is 25.2 Å². The fourth-order valence-electron chi connectivity index (χ4n) is 4.80. The Labute approximate surface area is 194 Å². The largest absolute Gasteiger partial charge is 0.387 e. The van der Waals surface area contributed by atoms with Gasteiger partial charge in [0.15, 0.2) is 18.4 Å². The number of hydrogen-bond donors (Lipinski definition) is 7. The first-order chi connectivity index (χ1) is 15.5. The van der Waals surface area contributed by atoms with Crippen LogP contribution < -0.4 is 22.1 Å². The van der Waals surface area contributed by atoms with Crippen LogP contribution in [0.15, 0.2) is 0 Å². The number of ether oxygens (including phenoxy) is 4. The summed E-state index contributed by atoms with van der Waals surface area (Å²) in [5, 5.41) is 38.0. The molecule has 192 valence electrons. The molecule has 1 aliphatic carbocycles. The predicted octanol–water partition coefficient (Wildman–Crippen LogP) is -3.09. The summed E-state index contributed by atoms with van der Waals surface area (Å²) in [4.78, 5) is 12.7. The van der Waals surface area contributed by atoms with Crippen LogP contribution in [0.25, 0.3) is 0 Å². The highest BCUT2D eigenvalue weighted by molar-refractivity contribution is 5.85. The van der Waals surface area contributed by atoms with E-state index in [4.69, 9.17) is 30.4 Å². The first-order valence-corrected chi connectivity index (χ1v) is 11.5. The molecule has 1 saturated carbocycles. The van der Waals surface area contributed by atoms with E-state index in [9.17, 15) is 20.1 Å². The molecule has 0 spiro atoms. The van der Waals surface area contributed by atoms with Gasteiger partial charge in [-0.25, -0.2) is 0 Å². The third kappa shape index (κ3) is 5.73. The molecule has 2 saturated heterocycles. The zero-order valence-electron chi connectivity index (χ0n) is 19.7. The number of likely N-dealkylation sites (N-methyl/N-ethyl adjacent to an activating group) is 2. The lowest BCUT2D eigenvalue weighted by atomic mass is 9.86. The highest BCUT2D eigenvalue weighted by Gasteiger charge is 2.51. The molecule has 3 aliphatic rings. The van der Waals surface area contributed by atoms with Crippen molar-refractivity contribution in [3.8, 4) is 0 Å². The summed E-state index contributed by atoms with van der Waals surface area (Å²) in [7, 11) is 3.43. The number of aliphatic hydroxyl groups is 3. The highest BCUT2D eigenvalue weighted by atomic mass is 16.7. The fourth-order valence-corrected chi connectivity index (χ4v) is 4.80. The molecule has 12 nitrogen and oxygen atoms in total. The highest BCUT2D eigenvalue weighted by Crippen LogP contribution is 2.31. The summed E-state index contributed by atoms with van der Waals surface area (Å²) in [5.74, 6) is -0.431. The SMILES string of the molecule is CNC(C)C1CCC(N)C(OC2C(N)CC(=O)C(OC3OCC(C)(O)C(NC)C3O)C2O)O1. The molecule has 3 rings (SSSR count). The average Bonchev–Trinajstić information content (AvgIpc) is 2.76. The van der Waals surface area contributed by atoms with Crippen LogP contribution in [0, 0.1) is 0 Å². The Balaban J connectivity index is 1.69. The van der Waals surface area contributed by atoms with Crippen LogP contribution in [0.5, 0.6) is 0 Å². The minimum Gasteiger partial charge on any atom is -0.387 e. The molecule has 0 aromatic rings. The maximum absolute atomic E-state index is 12.7. The second-order valence-corrected chi connectivity index (χ2v) is 9.64. The lowest BCUT2D eigenvalue weighted by Crippen LogP contribution is -2.67. The van der Waals surface area contributed by atoms with Crippen LogP contribution in [0.2, 0.25) is 0 Å². The molecule has 0 radical (unpaired) electrons. The van der Waals surface area contributed by atoms with Gasteiger partial charge >= 0.3 is 0 Å². The van der Waals surface area contributed by atoms with Crippen LogP contribution in [-0.4, -0.2) is 115 Å². The normalized spacial score (nSPS) is 48.0. The van der Waals surface area contributed by atoms with Gasteiger partial charge in [-0.15, -0.1) is 0 Å². The maximum atomic E-state index is 12.7. The summed E-state index contributed by atoms with van der Waals surface area (Å²) in [6.45, 7) is 3.38. The summed E-state index contributed by atoms with van der Waals surface area (Å²) in [6.07, 6.45) is -5.85. The third-order valence-corrected chi connectivity index (χ3v) is 6.99. The van der Waals surface area contributed by atoms with E-state index < -0.39 is 66.5 Å². The quantitative estimate of drug-likeness (QED) is 0.196. The Kier molecular flexibility index (Phi) is 8.84. The number of carbonyl (C=O) groups excluding carboxylic acids is 1. The van der Waals surface area contributed by atoms with Crippen molar-refractivity contribution in [3.05, 3.63) is 0 Å². The van der Waals surface area contributed by atoms with Crippen molar-refractivity contribution in [1.29, 1.82) is 0 Å². The number of Topliss-reactive ketones (excluding diaryl/α,β-unsaturated/α-hetero) is 1. The van der Waals surface area contributed by atoms with E-state index in [1.54, 1.807) is 7.05 Å². The molecule has 0 aromatic carbocycles. The number of aliphatic hydroxyl groups excluding tert-OH is 2. The Morgan fingerprint density at radius 2 is 1.82 bits per heavy atom. The molecular formula is C21H40N4O8. The predicted molar refractivity (Wildman–Crippen MR) is 117 cm³/mol. The zero-order chi connectivity index (χ0) is 24.5. The summed E-state index contributed by atoms with van der Waals surface area (Å²) in [6, 6.07) is -1.88. The van der Waals surface area contributed by atoms with E-state index in [1.165, 1.54) is 6.92 Å². The second-order valence-electron chi connectivity index (χ2n) is 9.64. The van der Waals surface area contributed by atoms with Gasteiger partial charge in [0.05, 0.1) is 24.8 Å². The van der Waals surface area contributed by atoms with Gasteiger partial charge in [-0.05, 0) is 40.8 Å². The number of hydrogen-bond acceptors (Lipinski definition) is 12. The molecule has 12 unspecified atom stereocenters. The molecule has 0 bridgehead atoms. The molecule has 2 heterocycles. The second kappa shape index (κ2) is 10.9. The van der Waals surface area contributed by atoms with Gasteiger partial charge in [0, 0.05) is 18.5 Å². The van der Waals surface area contributed by atoms with Gasteiger partial charge in [-0.1, -0.05) is 0 Å². The molecule has 2 aliphatic heterocycles. The van der Waals surface area contributed by atoms with Crippen molar-refractivity contribution >= 4 is 5.78 Å². The number of ketones is 1. The van der Waals surface area contributed by atoms with Gasteiger partial charge in [-0.2, -0.15) is 0 Å². The van der Waals surface area contributed by atoms with Crippen LogP contribution >= 0.6 is 0 Å². The monoisotopic (exact) mass is 476 g/mol. The van der Waals surface area contributed by atoms with Crippen LogP contribution in [0.4, 0.5) is 0 Å². The zero-order valence-corrected chi connectivity index (χ0v) is 19.7. The lowest BCUT2D eigenvalue weighted by Gasteiger charge is -2.46. The lowest BCUT2D eigenvalue weighted by molar-refractivity contribution is -0.298. The molecule has 33 heavy (non-hydrogen) atoms. The van der Waals surface area contributed by atoms with Crippen LogP contribution in [-0.2, 0) is 23.7 Å². The molecule has 0 amide bonds. The third-order valence-electron chi connectivity index (χ3n) is 6.99. The van der Waals surface area contributed by atoms with Gasteiger partial charge in [0.25, 0.3) is 0 Å². The van der Waals surface area contributed by atoms with Gasteiger partial charge in [0.1, 0.15) is 30.0 Å². The smallest absolute Gasteiger partial charge is 0.186 e. The number of carbonyl (C=O) groups is 1. The van der Waals surface area contributed by atoms with E-state index in [0.717, 1.165) is 6.42 Å². The summed E-state index contributed by atoms with van der Waals surface area (Å²) < 4.78 is 23.2. The van der Waals surface area contributed by atoms with Crippen molar-refractivity contribution in [3.63, 3.8) is 0 Å². The average molecular weight is 477 g/mol. The van der Waals surface area contributed by atoms with Crippen LogP contribution in [0.3, 0.4) is 0 Å². The van der Waals surface area contributed by atoms with Gasteiger partial charge < -0.3 is 56.4 Å². The fraction of sp³-hybridized carbons (Fsp3) is 0.952. The van der Waals surface area contributed by atoms with E-state index in [1.807, 2.05) is 14.0 Å². The first-order valence-electron chi connectivity index (χ1n) is 11.5. The van der Waals surface area contributed by atoms with E-state index in [0.29, 0.717) is 6.42 Å². The van der Waals surface area contributed by atoms with Crippen LogP contribution in [0.1, 0.15) is 33.1 Å². The van der Waals surface area contributed by atoms with Crippen molar-refractivity contribution in [2.45, 2.75) is 106 Å². The van der Waals surface area contributed by atoms with Crippen molar-refractivity contribution in [1.82, 2.24) is 10.6 Å². The molecule has 3 fully saturated rings. The Morgan fingerprint density at radius 3 is 2.45 bits per heavy atom. The molecule has 12 atom stereocenters. The van der Waals surface area contributed by atoms with E-state index in [2.05, 4.69) is 10.6 Å². The standard InChI is InChI=1S/C21H40N4O8/c1-9(24-3)13-6-5-10(22)19(31-13)32-16-11(23)7-12(26)17(14(16)27)33-20-15(28)18(25-4)21(2,29)8-30-20/h9-11,13-20,24-25,27-29H,5-8,22-23H2,1-4H3. The van der Waals surface area contributed by atoms with E-state index >= 15 is 0 Å². The summed E-state index contributed by atoms with van der Waals surface area (Å²) >= 11 is 0. The Morgan fingerprint density at radius 1 is 1.12 bits per heavy atom. The minimum atomic E-state index is -1.43. The maximum Gasteiger partial charge on any atom is 0.186 e. The Hall–Kier alpha value is -0.770. The molecular weight excluding hydrogens is 436 g/mol. The van der Waals surface area contributed by atoms with Gasteiger partial charge in [-0.3, -0.25) is 4.79 Å². The minimum absolute atomic E-state index is 0.0773. The van der Waals surface area contributed by atoms with Crippen molar-refractivity contribution in [2.75, 3.05) is 20.7 Å². The summed E-state index contributed by atoms with van der Waals surface area (Å²) in [5.41, 5.74) is 11.0. The molecule has 9 N–H and O–H groups in total. The first kappa shape index (κ1) is 26.8. The number of nitrogens with two attached hydrogens (primary N) is 2. The van der Waals surface area contributed by atoms with Crippen molar-refractivity contribution < 1.29 is 39.1 Å². The number of rotatable bonds is 7. The molecule has 12 heteroatoms. The molecule has 0 aromatic heterocycles. The van der Waals surface area contributed by atoms with Crippen molar-refractivity contribution in [2.24, 2.45) is 11.5 Å².